The summed E-state index contributed by atoms with van der Waals surface area (Å²) in [6, 6.07) is 2.83. The standard InChI is InChI=1S/C13H23N3O2S/c1-15-13(10-14)6-3-4-11(8-13)16(2)12-5-7-19(17,18)9-12/h11-12,15H,3-9H2,1-2H3. The van der Waals surface area contributed by atoms with Gasteiger partial charge in [0.2, 0.25) is 0 Å². The zero-order valence-corrected chi connectivity index (χ0v) is 12.5. The fourth-order valence-corrected chi connectivity index (χ4v) is 5.16. The van der Waals surface area contributed by atoms with Crippen LogP contribution >= 0.6 is 0 Å². The summed E-state index contributed by atoms with van der Waals surface area (Å²) in [4.78, 5) is 2.20. The second kappa shape index (κ2) is 5.39. The molecule has 0 radical (unpaired) electrons. The molecule has 0 amide bonds. The van der Waals surface area contributed by atoms with E-state index in [9.17, 15) is 13.7 Å². The number of hydrogen-bond donors (Lipinski definition) is 1. The lowest BCUT2D eigenvalue weighted by Gasteiger charge is -2.41. The van der Waals surface area contributed by atoms with Crippen molar-refractivity contribution in [3.05, 3.63) is 0 Å². The summed E-state index contributed by atoms with van der Waals surface area (Å²) in [5.41, 5.74) is -0.436. The molecule has 3 atom stereocenters. The molecule has 6 heteroatoms. The first-order valence-electron chi connectivity index (χ1n) is 6.94. The summed E-state index contributed by atoms with van der Waals surface area (Å²) in [6.45, 7) is 0. The van der Waals surface area contributed by atoms with Gasteiger partial charge < -0.3 is 5.32 Å². The van der Waals surface area contributed by atoms with Gasteiger partial charge in [-0.2, -0.15) is 5.26 Å². The van der Waals surface area contributed by atoms with Crippen LogP contribution in [0.5, 0.6) is 0 Å². The molecule has 1 heterocycles. The average molecular weight is 285 g/mol. The molecule has 1 N–H and O–H groups in total. The molecule has 0 aromatic carbocycles. The van der Waals surface area contributed by atoms with E-state index in [2.05, 4.69) is 16.3 Å². The molecule has 1 saturated carbocycles. The molecular formula is C13H23N3O2S. The van der Waals surface area contributed by atoms with E-state index < -0.39 is 15.4 Å². The van der Waals surface area contributed by atoms with Gasteiger partial charge in [-0.1, -0.05) is 0 Å². The smallest absolute Gasteiger partial charge is 0.151 e. The van der Waals surface area contributed by atoms with Gasteiger partial charge in [0.15, 0.2) is 9.84 Å². The first-order chi connectivity index (χ1) is 8.91. The highest BCUT2D eigenvalue weighted by atomic mass is 32.2. The van der Waals surface area contributed by atoms with Crippen molar-refractivity contribution in [2.45, 2.75) is 49.7 Å². The summed E-state index contributed by atoms with van der Waals surface area (Å²) >= 11 is 0. The summed E-state index contributed by atoms with van der Waals surface area (Å²) in [6.07, 6.45) is 4.47. The van der Waals surface area contributed by atoms with Gasteiger partial charge in [0.05, 0.1) is 17.6 Å². The lowest BCUT2D eigenvalue weighted by molar-refractivity contribution is 0.117. The highest BCUT2D eigenvalue weighted by molar-refractivity contribution is 7.91. The molecule has 2 fully saturated rings. The topological polar surface area (TPSA) is 73.2 Å². The second-order valence-electron chi connectivity index (χ2n) is 5.92. The zero-order valence-electron chi connectivity index (χ0n) is 11.7. The van der Waals surface area contributed by atoms with Crippen molar-refractivity contribution in [2.24, 2.45) is 0 Å². The number of nitriles is 1. The monoisotopic (exact) mass is 285 g/mol. The van der Waals surface area contributed by atoms with E-state index >= 15 is 0 Å². The van der Waals surface area contributed by atoms with Gasteiger partial charge in [-0.15, -0.1) is 0 Å². The Morgan fingerprint density at radius 2 is 2.11 bits per heavy atom. The third-order valence-corrected chi connectivity index (χ3v) is 6.53. The van der Waals surface area contributed by atoms with Crippen molar-refractivity contribution in [1.29, 1.82) is 5.26 Å². The lowest BCUT2D eigenvalue weighted by Crippen LogP contribution is -2.52. The molecule has 5 nitrogen and oxygen atoms in total. The van der Waals surface area contributed by atoms with Gasteiger partial charge in [-0.05, 0) is 46.2 Å². The van der Waals surface area contributed by atoms with E-state index in [4.69, 9.17) is 0 Å². The number of sulfone groups is 1. The quantitative estimate of drug-likeness (QED) is 0.819. The van der Waals surface area contributed by atoms with Crippen LogP contribution in [-0.4, -0.2) is 56.5 Å². The number of nitrogens with one attached hydrogen (secondary N) is 1. The molecule has 1 aliphatic carbocycles. The Kier molecular flexibility index (Phi) is 4.19. The van der Waals surface area contributed by atoms with E-state index in [0.717, 1.165) is 32.1 Å². The van der Waals surface area contributed by atoms with Crippen molar-refractivity contribution in [3.8, 4) is 6.07 Å². The van der Waals surface area contributed by atoms with Crippen LogP contribution in [0.15, 0.2) is 0 Å². The third kappa shape index (κ3) is 3.10. The fourth-order valence-electron chi connectivity index (χ4n) is 3.37. The van der Waals surface area contributed by atoms with Crippen LogP contribution < -0.4 is 5.32 Å². The summed E-state index contributed by atoms with van der Waals surface area (Å²) in [5, 5.41) is 12.5. The Labute approximate surface area is 115 Å². The lowest BCUT2D eigenvalue weighted by atomic mass is 9.79. The van der Waals surface area contributed by atoms with Crippen molar-refractivity contribution in [1.82, 2.24) is 10.2 Å². The fraction of sp³-hybridized carbons (Fsp3) is 0.923. The summed E-state index contributed by atoms with van der Waals surface area (Å²) in [5.74, 6) is 0.587. The van der Waals surface area contributed by atoms with Gasteiger partial charge in [0, 0.05) is 12.1 Å². The SMILES string of the molecule is CNC1(C#N)CCCC(N(C)C2CCS(=O)(=O)C2)C1. The summed E-state index contributed by atoms with van der Waals surface area (Å²) < 4.78 is 23.2. The molecule has 1 saturated heterocycles. The van der Waals surface area contributed by atoms with Gasteiger partial charge in [0.1, 0.15) is 5.54 Å². The maximum atomic E-state index is 11.6. The molecule has 2 aliphatic rings. The van der Waals surface area contributed by atoms with E-state index in [1.807, 2.05) is 14.1 Å². The predicted molar refractivity (Wildman–Crippen MR) is 74.5 cm³/mol. The minimum atomic E-state index is -2.84. The normalized spacial score (nSPS) is 38.2. The molecule has 0 spiro atoms. The second-order valence-corrected chi connectivity index (χ2v) is 8.15. The Morgan fingerprint density at radius 1 is 1.37 bits per heavy atom. The van der Waals surface area contributed by atoms with E-state index in [0.29, 0.717) is 11.8 Å². The third-order valence-electron chi connectivity index (χ3n) is 4.78. The first kappa shape index (κ1) is 14.8. The van der Waals surface area contributed by atoms with Crippen LogP contribution in [-0.2, 0) is 9.84 Å². The largest absolute Gasteiger partial charge is 0.302 e. The maximum absolute atomic E-state index is 11.6. The minimum Gasteiger partial charge on any atom is -0.302 e. The van der Waals surface area contributed by atoms with Crippen LogP contribution in [0, 0.1) is 11.3 Å². The van der Waals surface area contributed by atoms with Crippen molar-refractivity contribution in [2.75, 3.05) is 25.6 Å². The maximum Gasteiger partial charge on any atom is 0.151 e. The zero-order chi connectivity index (χ0) is 14.1. The predicted octanol–water partition coefficient (Wildman–Crippen LogP) is 0.530. The van der Waals surface area contributed by atoms with Crippen molar-refractivity contribution >= 4 is 9.84 Å². The minimum absolute atomic E-state index is 0.126. The van der Waals surface area contributed by atoms with Crippen LogP contribution in [0.2, 0.25) is 0 Å². The Hall–Kier alpha value is -0.640. The molecule has 2 rings (SSSR count). The molecule has 1 aliphatic heterocycles. The molecule has 3 unspecified atom stereocenters. The molecule has 0 aromatic heterocycles. The Balaban J connectivity index is 2.04. The highest BCUT2D eigenvalue weighted by Gasteiger charge is 2.40. The van der Waals surface area contributed by atoms with Crippen molar-refractivity contribution in [3.63, 3.8) is 0 Å². The van der Waals surface area contributed by atoms with Gasteiger partial charge in [0.25, 0.3) is 0 Å². The van der Waals surface area contributed by atoms with Crippen LogP contribution in [0.1, 0.15) is 32.1 Å². The highest BCUT2D eigenvalue weighted by Crippen LogP contribution is 2.32. The van der Waals surface area contributed by atoms with Gasteiger partial charge in [-0.3, -0.25) is 4.90 Å². The number of rotatable bonds is 3. The molecule has 108 valence electrons. The van der Waals surface area contributed by atoms with Gasteiger partial charge >= 0.3 is 0 Å². The number of hydrogen-bond acceptors (Lipinski definition) is 5. The Bertz CT molecular complexity index is 471. The van der Waals surface area contributed by atoms with E-state index in [1.165, 1.54) is 0 Å². The van der Waals surface area contributed by atoms with Crippen LogP contribution in [0.25, 0.3) is 0 Å². The molecule has 0 aromatic rings. The van der Waals surface area contributed by atoms with Crippen LogP contribution in [0.3, 0.4) is 0 Å². The van der Waals surface area contributed by atoms with E-state index in [1.54, 1.807) is 0 Å². The molecule has 19 heavy (non-hydrogen) atoms. The Morgan fingerprint density at radius 3 is 2.63 bits per heavy atom. The van der Waals surface area contributed by atoms with E-state index in [-0.39, 0.29) is 11.8 Å². The molecule has 0 bridgehead atoms. The summed E-state index contributed by atoms with van der Waals surface area (Å²) in [7, 11) is 1.01. The van der Waals surface area contributed by atoms with Crippen molar-refractivity contribution < 1.29 is 8.42 Å². The first-order valence-corrected chi connectivity index (χ1v) is 8.76. The van der Waals surface area contributed by atoms with Crippen LogP contribution in [0.4, 0.5) is 0 Å². The van der Waals surface area contributed by atoms with Gasteiger partial charge in [-0.25, -0.2) is 8.42 Å². The molecular weight excluding hydrogens is 262 g/mol. The number of nitrogens with zero attached hydrogens (tertiary/aromatic N) is 2. The average Bonchev–Trinajstić information content (AvgIpc) is 2.78.